The third-order valence-electron chi connectivity index (χ3n) is 5.25. The van der Waals surface area contributed by atoms with E-state index in [0.717, 1.165) is 0 Å². The van der Waals surface area contributed by atoms with Gasteiger partial charge in [-0.15, -0.1) is 0 Å². The largest absolute Gasteiger partial charge is 0.323 e. The van der Waals surface area contributed by atoms with Crippen LogP contribution < -0.4 is 5.73 Å². The van der Waals surface area contributed by atoms with Gasteiger partial charge in [0.25, 0.3) is 0 Å². The van der Waals surface area contributed by atoms with Crippen LogP contribution in [-0.4, -0.2) is 23.5 Å². The molecule has 1 aromatic rings. The highest BCUT2D eigenvalue weighted by atomic mass is 15.2. The number of unbranched alkanes of at least 4 members (excludes halogenated alkanes) is 1. The summed E-state index contributed by atoms with van der Waals surface area (Å²) in [5.74, 6) is 0.610. The molecule has 0 aromatic heterocycles. The maximum Gasteiger partial charge on any atom is 0.0456 e. The van der Waals surface area contributed by atoms with E-state index in [0.29, 0.717) is 18.0 Å². The van der Waals surface area contributed by atoms with E-state index in [2.05, 4.69) is 56.9 Å². The van der Waals surface area contributed by atoms with E-state index in [9.17, 15) is 0 Å². The van der Waals surface area contributed by atoms with Crippen LogP contribution in [-0.2, 0) is 0 Å². The molecule has 0 aliphatic heterocycles. The minimum Gasteiger partial charge on any atom is -0.323 e. The maximum atomic E-state index is 6.68. The van der Waals surface area contributed by atoms with Gasteiger partial charge in [0.15, 0.2) is 0 Å². The lowest BCUT2D eigenvalue weighted by molar-refractivity contribution is 0.100. The Bertz CT molecular complexity index is 443. The molecule has 2 N–H and O–H groups in total. The molecule has 0 saturated heterocycles. The minimum absolute atomic E-state index is 0.156. The smallest absolute Gasteiger partial charge is 0.0456 e. The second-order valence-corrected chi connectivity index (χ2v) is 6.71. The van der Waals surface area contributed by atoms with Gasteiger partial charge in [0, 0.05) is 18.1 Å². The van der Waals surface area contributed by atoms with Crippen LogP contribution in [0.5, 0.6) is 0 Å². The molecule has 1 aromatic carbocycles. The van der Waals surface area contributed by atoms with Crippen molar-refractivity contribution in [3.8, 4) is 0 Å². The summed E-state index contributed by atoms with van der Waals surface area (Å²) in [6.07, 6.45) is 4.90. The van der Waals surface area contributed by atoms with Crippen molar-refractivity contribution >= 4 is 0 Å². The maximum absolute atomic E-state index is 6.68. The Morgan fingerprint density at radius 2 is 1.90 bits per heavy atom. The molecule has 21 heavy (non-hydrogen) atoms. The molecule has 1 aliphatic carbocycles. The summed E-state index contributed by atoms with van der Waals surface area (Å²) in [5.41, 5.74) is 9.50. The van der Waals surface area contributed by atoms with Crippen molar-refractivity contribution < 1.29 is 0 Å². The van der Waals surface area contributed by atoms with Crippen LogP contribution in [0.15, 0.2) is 24.3 Å². The van der Waals surface area contributed by atoms with Gasteiger partial charge in [0.05, 0.1) is 0 Å². The van der Waals surface area contributed by atoms with Gasteiger partial charge in [-0.3, -0.25) is 4.90 Å². The van der Waals surface area contributed by atoms with Gasteiger partial charge in [-0.25, -0.2) is 0 Å². The number of rotatable bonds is 6. The van der Waals surface area contributed by atoms with Crippen molar-refractivity contribution in [2.45, 2.75) is 77.4 Å². The van der Waals surface area contributed by atoms with Gasteiger partial charge < -0.3 is 5.73 Å². The summed E-state index contributed by atoms with van der Waals surface area (Å²) in [7, 11) is 0. The number of hydrogen-bond acceptors (Lipinski definition) is 2. The van der Waals surface area contributed by atoms with E-state index in [4.69, 9.17) is 5.73 Å². The van der Waals surface area contributed by atoms with Crippen LogP contribution in [0.2, 0.25) is 0 Å². The Morgan fingerprint density at radius 3 is 2.52 bits per heavy atom. The molecule has 0 amide bonds. The molecule has 4 unspecified atom stereocenters. The van der Waals surface area contributed by atoms with Gasteiger partial charge in [-0.1, -0.05) is 51.5 Å². The van der Waals surface area contributed by atoms with E-state index in [1.54, 1.807) is 0 Å². The summed E-state index contributed by atoms with van der Waals surface area (Å²) in [6.45, 7) is 10.4. The van der Waals surface area contributed by atoms with Gasteiger partial charge in [0.2, 0.25) is 0 Å². The van der Waals surface area contributed by atoms with Gasteiger partial charge in [-0.05, 0) is 49.8 Å². The molecule has 0 fully saturated rings. The van der Waals surface area contributed by atoms with Crippen LogP contribution in [0.4, 0.5) is 0 Å². The summed E-state index contributed by atoms with van der Waals surface area (Å²) in [6, 6.07) is 10.0. The molecule has 0 spiro atoms. The highest BCUT2D eigenvalue weighted by molar-refractivity contribution is 5.36. The zero-order valence-corrected chi connectivity index (χ0v) is 14.2. The second kappa shape index (κ2) is 7.42. The number of nitrogens with two attached hydrogens (primary N) is 1. The fraction of sp³-hybridized carbons (Fsp3) is 0.684. The van der Waals surface area contributed by atoms with Gasteiger partial charge in [0.1, 0.15) is 0 Å². The monoisotopic (exact) mass is 288 g/mol. The minimum atomic E-state index is 0.156. The Hall–Kier alpha value is -0.860. The first kappa shape index (κ1) is 16.5. The third-order valence-corrected chi connectivity index (χ3v) is 5.25. The Labute approximate surface area is 130 Å². The standard InChI is InChI=1S/C19H32N2/c1-5-7-12-21(15(4)6-2)18-13-14(3)16-10-8-9-11-17(16)19(18)20/h8-11,14-15,18-19H,5-7,12-13,20H2,1-4H3. The predicted molar refractivity (Wildman–Crippen MR) is 91.6 cm³/mol. The molecule has 2 heteroatoms. The summed E-state index contributed by atoms with van der Waals surface area (Å²) in [5, 5.41) is 0. The number of nitrogens with zero attached hydrogens (tertiary/aromatic N) is 1. The topological polar surface area (TPSA) is 29.3 Å². The average Bonchev–Trinajstić information content (AvgIpc) is 2.51. The first-order valence-corrected chi connectivity index (χ1v) is 8.70. The highest BCUT2D eigenvalue weighted by Gasteiger charge is 2.35. The lowest BCUT2D eigenvalue weighted by Gasteiger charge is -2.44. The summed E-state index contributed by atoms with van der Waals surface area (Å²) >= 11 is 0. The lowest BCUT2D eigenvalue weighted by atomic mass is 9.77. The van der Waals surface area contributed by atoms with E-state index >= 15 is 0 Å². The third kappa shape index (κ3) is 3.49. The van der Waals surface area contributed by atoms with E-state index in [1.807, 2.05) is 0 Å². The van der Waals surface area contributed by atoms with E-state index in [-0.39, 0.29) is 6.04 Å². The van der Waals surface area contributed by atoms with E-state index in [1.165, 1.54) is 43.4 Å². The fourth-order valence-electron chi connectivity index (χ4n) is 3.74. The molecule has 0 bridgehead atoms. The van der Waals surface area contributed by atoms with Gasteiger partial charge in [-0.2, -0.15) is 0 Å². The predicted octanol–water partition coefficient (Wildman–Crippen LogP) is 4.46. The van der Waals surface area contributed by atoms with Crippen LogP contribution in [0.3, 0.4) is 0 Å². The summed E-state index contributed by atoms with van der Waals surface area (Å²) in [4.78, 5) is 2.68. The van der Waals surface area contributed by atoms with Crippen LogP contribution in [0, 0.1) is 0 Å². The fourth-order valence-corrected chi connectivity index (χ4v) is 3.74. The van der Waals surface area contributed by atoms with Crippen LogP contribution >= 0.6 is 0 Å². The average molecular weight is 288 g/mol. The number of benzene rings is 1. The molecule has 0 heterocycles. The normalized spacial score (nSPS) is 26.7. The molecule has 118 valence electrons. The van der Waals surface area contributed by atoms with E-state index < -0.39 is 0 Å². The number of hydrogen-bond donors (Lipinski definition) is 1. The molecule has 0 saturated carbocycles. The van der Waals surface area contributed by atoms with Crippen molar-refractivity contribution in [3.63, 3.8) is 0 Å². The molecule has 1 aliphatic rings. The van der Waals surface area contributed by atoms with Crippen molar-refractivity contribution in [3.05, 3.63) is 35.4 Å². The van der Waals surface area contributed by atoms with Crippen LogP contribution in [0.1, 0.15) is 76.5 Å². The second-order valence-electron chi connectivity index (χ2n) is 6.71. The molecule has 4 atom stereocenters. The first-order valence-electron chi connectivity index (χ1n) is 8.70. The van der Waals surface area contributed by atoms with Crippen molar-refractivity contribution in [2.75, 3.05) is 6.54 Å². The lowest BCUT2D eigenvalue weighted by Crippen LogP contribution is -2.50. The van der Waals surface area contributed by atoms with Crippen molar-refractivity contribution in [2.24, 2.45) is 5.73 Å². The molecule has 2 rings (SSSR count). The zero-order chi connectivity index (χ0) is 15.4. The Morgan fingerprint density at radius 1 is 1.24 bits per heavy atom. The van der Waals surface area contributed by atoms with Crippen LogP contribution in [0.25, 0.3) is 0 Å². The Kier molecular flexibility index (Phi) is 5.83. The quantitative estimate of drug-likeness (QED) is 0.837. The Balaban J connectivity index is 2.26. The number of fused-ring (bicyclic) bond motifs is 1. The molecule has 0 radical (unpaired) electrons. The van der Waals surface area contributed by atoms with Gasteiger partial charge >= 0.3 is 0 Å². The van der Waals surface area contributed by atoms with Crippen molar-refractivity contribution in [1.29, 1.82) is 0 Å². The highest BCUT2D eigenvalue weighted by Crippen LogP contribution is 2.39. The van der Waals surface area contributed by atoms with Crippen molar-refractivity contribution in [1.82, 2.24) is 4.90 Å². The molecule has 2 nitrogen and oxygen atoms in total. The molecular weight excluding hydrogens is 256 g/mol. The zero-order valence-electron chi connectivity index (χ0n) is 14.2. The first-order chi connectivity index (χ1) is 10.1. The summed E-state index contributed by atoms with van der Waals surface area (Å²) < 4.78 is 0. The SMILES string of the molecule is CCCCN(C(C)CC)C1CC(C)c2ccccc2C1N. The molecular formula is C19H32N2.